The molecule has 0 unspecified atom stereocenters. The quantitative estimate of drug-likeness (QED) is 0.470. The number of ether oxygens (including phenoxy) is 1. The van der Waals surface area contributed by atoms with E-state index in [0.29, 0.717) is 6.61 Å². The van der Waals surface area contributed by atoms with Crippen LogP contribution in [0.2, 0.25) is 0 Å². The normalized spacial score (nSPS) is 10.7. The van der Waals surface area contributed by atoms with Gasteiger partial charge in [0.25, 0.3) is 0 Å². The molecule has 0 amide bonds. The van der Waals surface area contributed by atoms with Crippen molar-refractivity contribution >= 4 is 12.6 Å². The lowest BCUT2D eigenvalue weighted by atomic mass is 10.1. The first-order valence-corrected chi connectivity index (χ1v) is 7.56. The highest BCUT2D eigenvalue weighted by Gasteiger charge is 2.07. The Balaban J connectivity index is 2.03. The van der Waals surface area contributed by atoms with Crippen molar-refractivity contribution in [3.63, 3.8) is 0 Å². The summed E-state index contributed by atoms with van der Waals surface area (Å²) in [5.74, 6) is -0.780. The summed E-state index contributed by atoms with van der Waals surface area (Å²) in [4.78, 5) is 0. The van der Waals surface area contributed by atoms with Gasteiger partial charge in [-0.15, -0.1) is 0 Å². The van der Waals surface area contributed by atoms with Gasteiger partial charge in [0.05, 0.1) is 6.61 Å². The Bertz CT molecular complexity index is 358. The molecule has 0 radical (unpaired) electrons. The molecule has 0 heterocycles. The van der Waals surface area contributed by atoms with E-state index in [4.69, 9.17) is 4.74 Å². The molecule has 0 fully saturated rings. The van der Waals surface area contributed by atoms with Crippen LogP contribution in [0.1, 0.15) is 44.9 Å². The standard InChI is InChI=1S/C15H22F2OS/c16-13-9-8-10-14(15(13)17)18-11-6-4-2-1-3-5-7-12-19/h8-10,19H,1-7,11-12H2. The molecular weight excluding hydrogens is 266 g/mol. The molecule has 1 aromatic carbocycles. The van der Waals surface area contributed by atoms with Crippen molar-refractivity contribution in [3.05, 3.63) is 29.8 Å². The number of benzene rings is 1. The van der Waals surface area contributed by atoms with Crippen LogP contribution in [0.5, 0.6) is 5.75 Å². The second-order valence-electron chi connectivity index (χ2n) is 4.60. The lowest BCUT2D eigenvalue weighted by Crippen LogP contribution is -2.00. The number of thiol groups is 1. The maximum atomic E-state index is 13.2. The van der Waals surface area contributed by atoms with Gasteiger partial charge in [-0.3, -0.25) is 0 Å². The zero-order valence-corrected chi connectivity index (χ0v) is 12.1. The largest absolute Gasteiger partial charge is 0.490 e. The Labute approximate surface area is 119 Å². The lowest BCUT2D eigenvalue weighted by Gasteiger charge is -2.07. The summed E-state index contributed by atoms with van der Waals surface area (Å²) in [5, 5.41) is 0. The van der Waals surface area contributed by atoms with E-state index in [2.05, 4.69) is 12.6 Å². The highest BCUT2D eigenvalue weighted by Crippen LogP contribution is 2.19. The molecule has 1 nitrogen and oxygen atoms in total. The Morgan fingerprint density at radius 3 is 2.21 bits per heavy atom. The van der Waals surface area contributed by atoms with Gasteiger partial charge in [0, 0.05) is 0 Å². The van der Waals surface area contributed by atoms with Gasteiger partial charge < -0.3 is 4.74 Å². The highest BCUT2D eigenvalue weighted by molar-refractivity contribution is 7.80. The molecule has 0 aliphatic heterocycles. The van der Waals surface area contributed by atoms with Crippen molar-refractivity contribution in [1.29, 1.82) is 0 Å². The maximum Gasteiger partial charge on any atom is 0.200 e. The summed E-state index contributed by atoms with van der Waals surface area (Å²) in [6, 6.07) is 4.00. The van der Waals surface area contributed by atoms with Crippen molar-refractivity contribution in [2.45, 2.75) is 44.9 Å². The number of unbranched alkanes of at least 4 members (excludes halogenated alkanes) is 6. The van der Waals surface area contributed by atoms with E-state index < -0.39 is 11.6 Å². The molecule has 1 rings (SSSR count). The van der Waals surface area contributed by atoms with E-state index in [-0.39, 0.29) is 5.75 Å². The minimum Gasteiger partial charge on any atom is -0.490 e. The monoisotopic (exact) mass is 288 g/mol. The molecule has 108 valence electrons. The van der Waals surface area contributed by atoms with Gasteiger partial charge in [-0.25, -0.2) is 4.39 Å². The summed E-state index contributed by atoms with van der Waals surface area (Å²) in [5.41, 5.74) is 0. The van der Waals surface area contributed by atoms with Gasteiger partial charge in [0.2, 0.25) is 5.82 Å². The average molecular weight is 288 g/mol. The maximum absolute atomic E-state index is 13.2. The van der Waals surface area contributed by atoms with Gasteiger partial charge >= 0.3 is 0 Å². The molecule has 0 atom stereocenters. The molecule has 0 aliphatic rings. The van der Waals surface area contributed by atoms with Crippen LogP contribution in [0.15, 0.2) is 18.2 Å². The molecule has 0 aliphatic carbocycles. The lowest BCUT2D eigenvalue weighted by molar-refractivity contribution is 0.285. The zero-order chi connectivity index (χ0) is 13.9. The van der Waals surface area contributed by atoms with Gasteiger partial charge in [-0.1, -0.05) is 38.2 Å². The van der Waals surface area contributed by atoms with Crippen molar-refractivity contribution < 1.29 is 13.5 Å². The SMILES string of the molecule is Fc1cccc(OCCCCCCCCCS)c1F. The topological polar surface area (TPSA) is 9.23 Å². The minimum atomic E-state index is -0.894. The van der Waals surface area contributed by atoms with Crippen LogP contribution in [0.4, 0.5) is 8.78 Å². The van der Waals surface area contributed by atoms with Crippen molar-refractivity contribution in [2.24, 2.45) is 0 Å². The minimum absolute atomic E-state index is 0.00813. The van der Waals surface area contributed by atoms with Crippen LogP contribution in [0.3, 0.4) is 0 Å². The van der Waals surface area contributed by atoms with E-state index in [1.165, 1.54) is 44.2 Å². The van der Waals surface area contributed by atoms with Gasteiger partial charge in [0.15, 0.2) is 11.6 Å². The molecular formula is C15H22F2OS. The van der Waals surface area contributed by atoms with Crippen LogP contribution in [0, 0.1) is 11.6 Å². The number of halogens is 2. The molecule has 0 N–H and O–H groups in total. The fourth-order valence-corrected chi connectivity index (χ4v) is 2.10. The van der Waals surface area contributed by atoms with Crippen LogP contribution >= 0.6 is 12.6 Å². The van der Waals surface area contributed by atoms with Crippen LogP contribution < -0.4 is 4.74 Å². The van der Waals surface area contributed by atoms with Crippen molar-refractivity contribution in [3.8, 4) is 5.75 Å². The number of rotatable bonds is 10. The van der Waals surface area contributed by atoms with E-state index in [1.54, 1.807) is 0 Å². The molecule has 19 heavy (non-hydrogen) atoms. The number of hydrogen-bond acceptors (Lipinski definition) is 2. The zero-order valence-electron chi connectivity index (χ0n) is 11.2. The predicted octanol–water partition coefficient (Wildman–Crippen LogP) is 5.00. The Hall–Kier alpha value is -0.770. The molecule has 0 bridgehead atoms. The molecule has 1 aromatic rings. The van der Waals surface area contributed by atoms with Gasteiger partial charge in [0.1, 0.15) is 0 Å². The van der Waals surface area contributed by atoms with E-state index in [0.717, 1.165) is 24.7 Å². The molecule has 4 heteroatoms. The molecule has 0 aromatic heterocycles. The van der Waals surface area contributed by atoms with Crippen LogP contribution in [0.25, 0.3) is 0 Å². The summed E-state index contributed by atoms with van der Waals surface area (Å²) in [6.07, 6.45) is 8.02. The van der Waals surface area contributed by atoms with Gasteiger partial charge in [-0.2, -0.15) is 17.0 Å². The third-order valence-electron chi connectivity index (χ3n) is 2.98. The second kappa shape index (κ2) is 10.1. The second-order valence-corrected chi connectivity index (χ2v) is 5.05. The third kappa shape index (κ3) is 6.81. The van der Waals surface area contributed by atoms with E-state index in [1.807, 2.05) is 0 Å². The first-order chi connectivity index (χ1) is 9.25. The number of hydrogen-bond donors (Lipinski definition) is 1. The Morgan fingerprint density at radius 2 is 1.53 bits per heavy atom. The van der Waals surface area contributed by atoms with Crippen molar-refractivity contribution in [2.75, 3.05) is 12.4 Å². The first-order valence-electron chi connectivity index (χ1n) is 6.93. The van der Waals surface area contributed by atoms with Gasteiger partial charge in [-0.05, 0) is 30.7 Å². The molecule has 0 saturated carbocycles. The van der Waals surface area contributed by atoms with E-state index >= 15 is 0 Å². The first kappa shape index (κ1) is 16.3. The molecule has 0 saturated heterocycles. The Kier molecular flexibility index (Phi) is 8.63. The summed E-state index contributed by atoms with van der Waals surface area (Å²) < 4.78 is 31.4. The third-order valence-corrected chi connectivity index (χ3v) is 3.29. The fraction of sp³-hybridized carbons (Fsp3) is 0.600. The summed E-state index contributed by atoms with van der Waals surface area (Å²) >= 11 is 4.17. The van der Waals surface area contributed by atoms with Crippen LogP contribution in [-0.4, -0.2) is 12.4 Å². The smallest absolute Gasteiger partial charge is 0.200 e. The van der Waals surface area contributed by atoms with Crippen molar-refractivity contribution in [1.82, 2.24) is 0 Å². The Morgan fingerprint density at radius 1 is 0.895 bits per heavy atom. The summed E-state index contributed by atoms with van der Waals surface area (Å²) in [6.45, 7) is 0.441. The predicted molar refractivity (Wildman–Crippen MR) is 78.0 cm³/mol. The molecule has 0 spiro atoms. The fourth-order valence-electron chi connectivity index (χ4n) is 1.88. The average Bonchev–Trinajstić information content (AvgIpc) is 2.41. The summed E-state index contributed by atoms with van der Waals surface area (Å²) in [7, 11) is 0. The van der Waals surface area contributed by atoms with Crippen LogP contribution in [-0.2, 0) is 0 Å². The highest BCUT2D eigenvalue weighted by atomic mass is 32.1. The van der Waals surface area contributed by atoms with E-state index in [9.17, 15) is 8.78 Å².